The van der Waals surface area contributed by atoms with Gasteiger partial charge in [0, 0.05) is 0 Å². The maximum absolute atomic E-state index is 11.4. The number of rotatable bonds is 4. The van der Waals surface area contributed by atoms with Gasteiger partial charge in [0.15, 0.2) is 0 Å². The van der Waals surface area contributed by atoms with Crippen molar-refractivity contribution < 1.29 is 9.90 Å². The van der Waals surface area contributed by atoms with E-state index in [1.54, 1.807) is 0 Å². The molecule has 2 aromatic rings. The molecule has 20 heavy (non-hydrogen) atoms. The average Bonchev–Trinajstić information content (AvgIpc) is 3.20. The summed E-state index contributed by atoms with van der Waals surface area (Å²) in [6, 6.07) is 16.5. The van der Waals surface area contributed by atoms with E-state index in [0.717, 1.165) is 24.8 Å². The molecule has 1 fully saturated rings. The van der Waals surface area contributed by atoms with Crippen molar-refractivity contribution in [2.24, 2.45) is 0 Å². The number of carboxylic acid groups (broad SMARTS) is 1. The Labute approximate surface area is 119 Å². The van der Waals surface area contributed by atoms with Crippen molar-refractivity contribution in [2.45, 2.75) is 31.6 Å². The smallest absolute Gasteiger partial charge is 0.314 e. The zero-order valence-corrected chi connectivity index (χ0v) is 11.6. The Kier molecular flexibility index (Phi) is 3.09. The van der Waals surface area contributed by atoms with Gasteiger partial charge in [0.05, 0.1) is 5.41 Å². The molecule has 1 saturated carbocycles. The normalized spacial score (nSPS) is 15.8. The molecular formula is C18H18O2. The van der Waals surface area contributed by atoms with Crippen LogP contribution in [0.15, 0.2) is 48.5 Å². The molecule has 0 aliphatic heterocycles. The van der Waals surface area contributed by atoms with Crippen LogP contribution in [0, 0.1) is 6.92 Å². The van der Waals surface area contributed by atoms with Gasteiger partial charge in [-0.1, -0.05) is 54.1 Å². The molecule has 0 amide bonds. The molecule has 0 radical (unpaired) electrons. The summed E-state index contributed by atoms with van der Waals surface area (Å²) in [4.78, 5) is 11.4. The molecule has 102 valence electrons. The first-order valence-electron chi connectivity index (χ1n) is 6.98. The van der Waals surface area contributed by atoms with Crippen molar-refractivity contribution in [3.63, 3.8) is 0 Å². The van der Waals surface area contributed by atoms with Crippen LogP contribution in [0.25, 0.3) is 0 Å². The summed E-state index contributed by atoms with van der Waals surface area (Å²) in [6.45, 7) is 2.09. The van der Waals surface area contributed by atoms with Crippen LogP contribution in [0.5, 0.6) is 0 Å². The Morgan fingerprint density at radius 2 is 1.75 bits per heavy atom. The third-order valence-corrected chi connectivity index (χ3v) is 4.13. The van der Waals surface area contributed by atoms with Gasteiger partial charge in [-0.3, -0.25) is 4.79 Å². The highest BCUT2D eigenvalue weighted by molar-refractivity contribution is 5.84. The fourth-order valence-corrected chi connectivity index (χ4v) is 2.79. The van der Waals surface area contributed by atoms with Crippen molar-refractivity contribution in [1.29, 1.82) is 0 Å². The largest absolute Gasteiger partial charge is 0.481 e. The first-order chi connectivity index (χ1) is 9.60. The highest BCUT2D eigenvalue weighted by atomic mass is 16.4. The quantitative estimate of drug-likeness (QED) is 0.916. The summed E-state index contributed by atoms with van der Waals surface area (Å²) in [6.07, 6.45) is 2.37. The van der Waals surface area contributed by atoms with E-state index >= 15 is 0 Å². The lowest BCUT2D eigenvalue weighted by Gasteiger charge is -2.12. The number of benzene rings is 2. The van der Waals surface area contributed by atoms with E-state index in [1.807, 2.05) is 12.1 Å². The molecule has 0 unspecified atom stereocenters. The molecule has 0 atom stereocenters. The molecule has 0 heterocycles. The van der Waals surface area contributed by atoms with Gasteiger partial charge in [-0.15, -0.1) is 0 Å². The summed E-state index contributed by atoms with van der Waals surface area (Å²) < 4.78 is 0. The molecule has 2 heteroatoms. The molecule has 0 saturated heterocycles. The lowest BCUT2D eigenvalue weighted by Crippen LogP contribution is -2.19. The van der Waals surface area contributed by atoms with Crippen LogP contribution in [0.3, 0.4) is 0 Å². The highest BCUT2D eigenvalue weighted by Crippen LogP contribution is 2.48. The monoisotopic (exact) mass is 266 g/mol. The van der Waals surface area contributed by atoms with E-state index in [1.165, 1.54) is 16.7 Å². The van der Waals surface area contributed by atoms with Gasteiger partial charge in [-0.05, 0) is 42.9 Å². The average molecular weight is 266 g/mol. The second-order valence-corrected chi connectivity index (χ2v) is 5.75. The molecule has 1 N–H and O–H groups in total. The molecule has 1 aliphatic carbocycles. The Morgan fingerprint density at radius 3 is 2.35 bits per heavy atom. The predicted molar refractivity (Wildman–Crippen MR) is 79.0 cm³/mol. The highest BCUT2D eigenvalue weighted by Gasteiger charge is 2.51. The standard InChI is InChI=1S/C18H18O2/c1-13-4-2-5-14(10-13)11-15-6-3-7-16(12-15)18(8-9-18)17(19)20/h2-7,10,12H,8-9,11H2,1H3,(H,19,20). The second kappa shape index (κ2) is 4.78. The summed E-state index contributed by atoms with van der Waals surface area (Å²) in [5, 5.41) is 9.37. The number of aryl methyl sites for hydroxylation is 1. The summed E-state index contributed by atoms with van der Waals surface area (Å²) >= 11 is 0. The molecule has 2 aromatic carbocycles. The molecular weight excluding hydrogens is 248 g/mol. The zero-order valence-electron chi connectivity index (χ0n) is 11.6. The van der Waals surface area contributed by atoms with Crippen LogP contribution in [-0.4, -0.2) is 11.1 Å². The van der Waals surface area contributed by atoms with Crippen molar-refractivity contribution in [3.05, 3.63) is 70.8 Å². The van der Waals surface area contributed by atoms with Gasteiger partial charge in [-0.25, -0.2) is 0 Å². The van der Waals surface area contributed by atoms with Gasteiger partial charge in [-0.2, -0.15) is 0 Å². The molecule has 0 spiro atoms. The Bertz CT molecular complexity index is 654. The van der Waals surface area contributed by atoms with Crippen molar-refractivity contribution in [1.82, 2.24) is 0 Å². The fraction of sp³-hybridized carbons (Fsp3) is 0.278. The van der Waals surface area contributed by atoms with Crippen molar-refractivity contribution >= 4 is 5.97 Å². The van der Waals surface area contributed by atoms with E-state index in [0.29, 0.717) is 0 Å². The van der Waals surface area contributed by atoms with E-state index in [-0.39, 0.29) is 0 Å². The van der Waals surface area contributed by atoms with Crippen LogP contribution < -0.4 is 0 Å². The first-order valence-corrected chi connectivity index (χ1v) is 6.98. The third-order valence-electron chi connectivity index (χ3n) is 4.13. The number of carboxylic acids is 1. The molecule has 3 rings (SSSR count). The van der Waals surface area contributed by atoms with Crippen LogP contribution in [0.1, 0.15) is 35.1 Å². The van der Waals surface area contributed by atoms with Gasteiger partial charge >= 0.3 is 5.97 Å². The topological polar surface area (TPSA) is 37.3 Å². The summed E-state index contributed by atoms with van der Waals surface area (Å²) in [5.74, 6) is -0.690. The van der Waals surface area contributed by atoms with E-state index < -0.39 is 11.4 Å². The van der Waals surface area contributed by atoms with Gasteiger partial charge in [0.25, 0.3) is 0 Å². The fourth-order valence-electron chi connectivity index (χ4n) is 2.79. The van der Waals surface area contributed by atoms with Crippen molar-refractivity contribution in [3.8, 4) is 0 Å². The Morgan fingerprint density at radius 1 is 1.10 bits per heavy atom. The Hall–Kier alpha value is -2.09. The SMILES string of the molecule is Cc1cccc(Cc2cccc(C3(C(=O)O)CC3)c2)c1. The minimum atomic E-state index is -0.690. The minimum Gasteiger partial charge on any atom is -0.481 e. The molecule has 2 nitrogen and oxygen atoms in total. The number of aliphatic carboxylic acids is 1. The van der Waals surface area contributed by atoms with Gasteiger partial charge in [0.2, 0.25) is 0 Å². The zero-order chi connectivity index (χ0) is 14.2. The first kappa shape index (κ1) is 12.9. The van der Waals surface area contributed by atoms with Gasteiger partial charge < -0.3 is 5.11 Å². The molecule has 0 aromatic heterocycles. The predicted octanol–water partition coefficient (Wildman–Crippen LogP) is 3.70. The Balaban J connectivity index is 1.87. The van der Waals surface area contributed by atoms with Crippen LogP contribution in [-0.2, 0) is 16.6 Å². The molecule has 0 bridgehead atoms. The second-order valence-electron chi connectivity index (χ2n) is 5.75. The number of hydrogen-bond acceptors (Lipinski definition) is 1. The summed E-state index contributed by atoms with van der Waals surface area (Å²) in [7, 11) is 0. The third kappa shape index (κ3) is 2.34. The number of hydrogen-bond donors (Lipinski definition) is 1. The molecule has 1 aliphatic rings. The van der Waals surface area contributed by atoms with Gasteiger partial charge in [0.1, 0.15) is 0 Å². The minimum absolute atomic E-state index is 0.609. The lowest BCUT2D eigenvalue weighted by molar-refractivity contribution is -0.140. The van der Waals surface area contributed by atoms with Crippen LogP contribution in [0.2, 0.25) is 0 Å². The maximum atomic E-state index is 11.4. The van der Waals surface area contributed by atoms with Crippen molar-refractivity contribution in [2.75, 3.05) is 0 Å². The summed E-state index contributed by atoms with van der Waals surface area (Å²) in [5.41, 5.74) is 4.05. The maximum Gasteiger partial charge on any atom is 0.314 e. The van der Waals surface area contributed by atoms with Crippen LogP contribution >= 0.6 is 0 Å². The van der Waals surface area contributed by atoms with E-state index in [4.69, 9.17) is 0 Å². The van der Waals surface area contributed by atoms with E-state index in [2.05, 4.69) is 43.3 Å². The lowest BCUT2D eigenvalue weighted by atomic mass is 9.93. The van der Waals surface area contributed by atoms with E-state index in [9.17, 15) is 9.90 Å². The van der Waals surface area contributed by atoms with Crippen LogP contribution in [0.4, 0.5) is 0 Å². The number of carbonyl (C=O) groups is 1.